The monoisotopic (exact) mass is 544 g/mol. The second-order valence-electron chi connectivity index (χ2n) is 6.88. The first-order valence-corrected chi connectivity index (χ1v) is 12.0. The molecular weight excluding hydrogens is 524 g/mol. The lowest BCUT2D eigenvalue weighted by atomic mass is 10.1. The summed E-state index contributed by atoms with van der Waals surface area (Å²) in [6.07, 6.45) is 1.55. The van der Waals surface area contributed by atoms with E-state index in [4.69, 9.17) is 14.2 Å². The van der Waals surface area contributed by atoms with Gasteiger partial charge in [0.15, 0.2) is 11.5 Å². The van der Waals surface area contributed by atoms with Crippen LogP contribution in [0.15, 0.2) is 45.8 Å². The molecule has 0 radical (unpaired) electrons. The first-order chi connectivity index (χ1) is 16.4. The Morgan fingerprint density at radius 3 is 2.59 bits per heavy atom. The molecule has 1 heterocycles. The molecule has 1 aliphatic rings. The number of esters is 1. The van der Waals surface area contributed by atoms with E-state index in [1.54, 1.807) is 37.3 Å². The summed E-state index contributed by atoms with van der Waals surface area (Å²) >= 11 is 4.23. The third-order valence-corrected chi connectivity index (χ3v) is 6.23. The maximum Gasteiger partial charge on any atom is 0.326 e. The summed E-state index contributed by atoms with van der Waals surface area (Å²) in [6.45, 7) is 3.75. The Balaban J connectivity index is 1.84. The van der Waals surface area contributed by atoms with Crippen molar-refractivity contribution < 1.29 is 28.6 Å². The van der Waals surface area contributed by atoms with Crippen molar-refractivity contribution >= 4 is 50.9 Å². The number of thioether (sulfide) groups is 1. The molecule has 34 heavy (non-hydrogen) atoms. The molecule has 3 rings (SSSR count). The number of amides is 2. The smallest absolute Gasteiger partial charge is 0.326 e. The van der Waals surface area contributed by atoms with E-state index in [2.05, 4.69) is 22.0 Å². The van der Waals surface area contributed by atoms with Crippen LogP contribution in [0.3, 0.4) is 0 Å². The van der Waals surface area contributed by atoms with Crippen molar-refractivity contribution in [2.45, 2.75) is 20.5 Å². The SMILES string of the molecule is CCOC(=O)CN1C(=O)S/C(=C/c2cc(OCC)c(OCc3ccccc3C#N)cc2Br)C1=O. The molecule has 1 aliphatic heterocycles. The van der Waals surface area contributed by atoms with Gasteiger partial charge in [0.25, 0.3) is 11.1 Å². The van der Waals surface area contributed by atoms with Gasteiger partial charge < -0.3 is 14.2 Å². The van der Waals surface area contributed by atoms with E-state index in [1.165, 1.54) is 0 Å². The van der Waals surface area contributed by atoms with Crippen molar-refractivity contribution in [3.63, 3.8) is 0 Å². The summed E-state index contributed by atoms with van der Waals surface area (Å²) in [7, 11) is 0. The molecule has 0 N–H and O–H groups in total. The Morgan fingerprint density at radius 1 is 1.15 bits per heavy atom. The van der Waals surface area contributed by atoms with E-state index in [9.17, 15) is 19.6 Å². The molecule has 1 saturated heterocycles. The number of nitrogens with zero attached hydrogens (tertiary/aromatic N) is 2. The quantitative estimate of drug-likeness (QED) is 0.324. The molecule has 2 amide bonds. The molecule has 2 aromatic carbocycles. The molecule has 0 saturated carbocycles. The van der Waals surface area contributed by atoms with Gasteiger partial charge in [-0.15, -0.1) is 0 Å². The molecule has 0 aliphatic carbocycles. The Bertz CT molecular complexity index is 1190. The van der Waals surface area contributed by atoms with Crippen LogP contribution in [0, 0.1) is 11.3 Å². The highest BCUT2D eigenvalue weighted by atomic mass is 79.9. The van der Waals surface area contributed by atoms with Crippen molar-refractivity contribution in [1.29, 1.82) is 5.26 Å². The van der Waals surface area contributed by atoms with E-state index in [0.717, 1.165) is 22.2 Å². The van der Waals surface area contributed by atoms with Crippen molar-refractivity contribution in [3.05, 3.63) is 62.5 Å². The maximum atomic E-state index is 12.7. The van der Waals surface area contributed by atoms with Crippen LogP contribution in [0.4, 0.5) is 4.79 Å². The largest absolute Gasteiger partial charge is 0.490 e. The number of nitriles is 1. The fraction of sp³-hybridized carbons (Fsp3) is 0.250. The number of rotatable bonds is 9. The van der Waals surface area contributed by atoms with Crippen LogP contribution in [-0.4, -0.2) is 41.8 Å². The molecule has 10 heteroatoms. The van der Waals surface area contributed by atoms with Crippen molar-refractivity contribution in [2.24, 2.45) is 0 Å². The van der Waals surface area contributed by atoms with Crippen LogP contribution >= 0.6 is 27.7 Å². The minimum absolute atomic E-state index is 0.161. The minimum atomic E-state index is -0.648. The molecule has 176 valence electrons. The molecule has 0 spiro atoms. The maximum absolute atomic E-state index is 12.7. The number of carbonyl (C=O) groups is 3. The zero-order chi connectivity index (χ0) is 24.7. The molecule has 0 bridgehead atoms. The number of carbonyl (C=O) groups excluding carboxylic acids is 3. The van der Waals surface area contributed by atoms with Crippen molar-refractivity contribution in [1.82, 2.24) is 4.90 Å². The van der Waals surface area contributed by atoms with Gasteiger partial charge in [-0.2, -0.15) is 5.26 Å². The van der Waals surface area contributed by atoms with Crippen LogP contribution in [-0.2, 0) is 20.9 Å². The summed E-state index contributed by atoms with van der Waals surface area (Å²) in [5.74, 6) is -0.321. The summed E-state index contributed by atoms with van der Waals surface area (Å²) in [5, 5.41) is 8.74. The fourth-order valence-electron chi connectivity index (χ4n) is 3.07. The lowest BCUT2D eigenvalue weighted by molar-refractivity contribution is -0.145. The van der Waals surface area contributed by atoms with Gasteiger partial charge in [-0.3, -0.25) is 19.3 Å². The predicted molar refractivity (Wildman–Crippen MR) is 130 cm³/mol. The highest BCUT2D eigenvalue weighted by Gasteiger charge is 2.36. The summed E-state index contributed by atoms with van der Waals surface area (Å²) in [5.41, 5.74) is 1.85. The van der Waals surface area contributed by atoms with E-state index >= 15 is 0 Å². The first kappa shape index (κ1) is 25.3. The summed E-state index contributed by atoms with van der Waals surface area (Å²) < 4.78 is 17.1. The molecule has 0 unspecified atom stereocenters. The summed E-state index contributed by atoms with van der Waals surface area (Å²) in [4.78, 5) is 37.7. The van der Waals surface area contributed by atoms with Crippen LogP contribution in [0.1, 0.15) is 30.5 Å². The Kier molecular flexibility index (Phi) is 8.73. The number of ether oxygens (including phenoxy) is 3. The standard InChI is InChI=1S/C24H21BrN2O6S/c1-3-31-19-9-17(10-21-23(29)27(24(30)34-21)13-22(28)32-4-2)18(25)11-20(19)33-14-16-8-6-5-7-15(16)12-26/h5-11H,3-4,13-14H2,1-2H3/b21-10+. The normalized spacial score (nSPS) is 14.3. The van der Waals surface area contributed by atoms with Gasteiger partial charge in [0, 0.05) is 10.0 Å². The predicted octanol–water partition coefficient (Wildman–Crippen LogP) is 4.90. The lowest BCUT2D eigenvalue weighted by Crippen LogP contribution is -2.34. The Morgan fingerprint density at radius 2 is 1.88 bits per heavy atom. The molecule has 8 nitrogen and oxygen atoms in total. The van der Waals surface area contributed by atoms with Gasteiger partial charge >= 0.3 is 5.97 Å². The van der Waals surface area contributed by atoms with Gasteiger partial charge in [0.2, 0.25) is 0 Å². The van der Waals surface area contributed by atoms with E-state index in [-0.39, 0.29) is 18.1 Å². The molecule has 1 fully saturated rings. The third-order valence-electron chi connectivity index (χ3n) is 4.64. The third kappa shape index (κ3) is 5.98. The minimum Gasteiger partial charge on any atom is -0.490 e. The highest BCUT2D eigenvalue weighted by Crippen LogP contribution is 2.38. The number of imide groups is 1. The average Bonchev–Trinajstić information content (AvgIpc) is 3.07. The molecular formula is C24H21BrN2O6S. The second-order valence-corrected chi connectivity index (χ2v) is 8.73. The number of halogens is 1. The summed E-state index contributed by atoms with van der Waals surface area (Å²) in [6, 6.07) is 12.7. The second kappa shape index (κ2) is 11.7. The topological polar surface area (TPSA) is 106 Å². The molecule has 0 aromatic heterocycles. The van der Waals surface area contributed by atoms with Gasteiger partial charge in [0.05, 0.1) is 29.8 Å². The first-order valence-electron chi connectivity index (χ1n) is 10.4. The molecule has 2 aromatic rings. The van der Waals surface area contributed by atoms with Gasteiger partial charge in [-0.1, -0.05) is 34.1 Å². The van der Waals surface area contributed by atoms with Gasteiger partial charge in [-0.25, -0.2) is 0 Å². The van der Waals surface area contributed by atoms with Crippen LogP contribution in [0.25, 0.3) is 6.08 Å². The zero-order valence-electron chi connectivity index (χ0n) is 18.5. The Hall–Kier alpha value is -3.29. The van der Waals surface area contributed by atoms with E-state index in [0.29, 0.717) is 33.7 Å². The average molecular weight is 545 g/mol. The lowest BCUT2D eigenvalue weighted by Gasteiger charge is -2.15. The van der Waals surface area contributed by atoms with Crippen molar-refractivity contribution in [3.8, 4) is 17.6 Å². The Labute approximate surface area is 209 Å². The van der Waals surface area contributed by atoms with E-state index < -0.39 is 23.7 Å². The van der Waals surface area contributed by atoms with Crippen LogP contribution < -0.4 is 9.47 Å². The number of benzene rings is 2. The highest BCUT2D eigenvalue weighted by molar-refractivity contribution is 9.10. The molecule has 0 atom stereocenters. The number of hydrogen-bond acceptors (Lipinski definition) is 8. The number of hydrogen-bond donors (Lipinski definition) is 0. The van der Waals surface area contributed by atoms with Crippen LogP contribution in [0.5, 0.6) is 11.5 Å². The van der Waals surface area contributed by atoms with Gasteiger partial charge in [0.1, 0.15) is 13.2 Å². The van der Waals surface area contributed by atoms with E-state index in [1.807, 2.05) is 19.1 Å². The zero-order valence-corrected chi connectivity index (χ0v) is 20.9. The van der Waals surface area contributed by atoms with Crippen LogP contribution in [0.2, 0.25) is 0 Å². The van der Waals surface area contributed by atoms with Gasteiger partial charge in [-0.05, 0) is 55.4 Å². The van der Waals surface area contributed by atoms with Crippen molar-refractivity contribution in [2.75, 3.05) is 19.8 Å². The fourth-order valence-corrected chi connectivity index (χ4v) is 4.33.